The maximum absolute atomic E-state index is 11.9. The van der Waals surface area contributed by atoms with Crippen LogP contribution in [0.3, 0.4) is 0 Å². The van der Waals surface area contributed by atoms with Gasteiger partial charge >= 0.3 is 0 Å². The highest BCUT2D eigenvalue weighted by Crippen LogP contribution is 2.24. The lowest BCUT2D eigenvalue weighted by Gasteiger charge is -2.46. The van der Waals surface area contributed by atoms with Crippen molar-refractivity contribution in [3.05, 3.63) is 29.8 Å². The lowest BCUT2D eigenvalue weighted by molar-refractivity contribution is -0.155. The van der Waals surface area contributed by atoms with Crippen LogP contribution >= 0.6 is 0 Å². The van der Waals surface area contributed by atoms with Crippen LogP contribution in [0, 0.1) is 0 Å². The minimum absolute atomic E-state index is 0.116. The van der Waals surface area contributed by atoms with Crippen molar-refractivity contribution in [2.75, 3.05) is 18.8 Å². The van der Waals surface area contributed by atoms with Crippen LogP contribution in [0.15, 0.2) is 24.3 Å². The molecule has 0 saturated carbocycles. The molecule has 1 aromatic rings. The molecule has 0 atom stereocenters. The maximum Gasteiger partial charge on any atom is 0.223 e. The topological polar surface area (TPSA) is 66.6 Å². The van der Waals surface area contributed by atoms with Crippen LogP contribution in [0.5, 0.6) is 0 Å². The Balaban J connectivity index is 1.78. The van der Waals surface area contributed by atoms with E-state index in [1.54, 1.807) is 4.90 Å². The van der Waals surface area contributed by atoms with Crippen LogP contribution in [0.1, 0.15) is 25.3 Å². The quantitative estimate of drug-likeness (QED) is 0.786. The predicted molar refractivity (Wildman–Crippen MR) is 71.0 cm³/mol. The predicted octanol–water partition coefficient (Wildman–Crippen LogP) is 1.18. The molecule has 98 valence electrons. The van der Waals surface area contributed by atoms with Gasteiger partial charge in [-0.15, -0.1) is 0 Å². The number of nitrogens with two attached hydrogens (primary N) is 1. The summed E-state index contributed by atoms with van der Waals surface area (Å²) in [6.07, 6.45) is 1.92. The second-order valence-electron chi connectivity index (χ2n) is 5.07. The van der Waals surface area contributed by atoms with E-state index in [2.05, 4.69) is 0 Å². The number of benzene rings is 1. The first-order valence-electron chi connectivity index (χ1n) is 6.37. The Morgan fingerprint density at radius 1 is 1.39 bits per heavy atom. The van der Waals surface area contributed by atoms with Crippen LogP contribution in [0.25, 0.3) is 0 Å². The summed E-state index contributed by atoms with van der Waals surface area (Å²) in [4.78, 5) is 13.6. The first-order chi connectivity index (χ1) is 8.52. The summed E-state index contributed by atoms with van der Waals surface area (Å²) in [5.74, 6) is 0.116. The van der Waals surface area contributed by atoms with Crippen molar-refractivity contribution < 1.29 is 9.90 Å². The van der Waals surface area contributed by atoms with Crippen molar-refractivity contribution in [2.24, 2.45) is 0 Å². The molecule has 18 heavy (non-hydrogen) atoms. The van der Waals surface area contributed by atoms with E-state index in [1.807, 2.05) is 31.2 Å². The molecule has 0 radical (unpaired) electrons. The van der Waals surface area contributed by atoms with E-state index in [9.17, 15) is 9.90 Å². The molecule has 0 bridgehead atoms. The Labute approximate surface area is 107 Å². The third-order valence-electron chi connectivity index (χ3n) is 3.59. The minimum atomic E-state index is -0.642. The van der Waals surface area contributed by atoms with E-state index in [0.717, 1.165) is 17.7 Å². The third-order valence-corrected chi connectivity index (χ3v) is 3.59. The van der Waals surface area contributed by atoms with Gasteiger partial charge in [-0.2, -0.15) is 0 Å². The van der Waals surface area contributed by atoms with Gasteiger partial charge in [0.15, 0.2) is 0 Å². The molecular formula is C14H20N2O2. The first kappa shape index (κ1) is 12.9. The summed E-state index contributed by atoms with van der Waals surface area (Å²) >= 11 is 0. The second kappa shape index (κ2) is 4.98. The van der Waals surface area contributed by atoms with Gasteiger partial charge < -0.3 is 15.7 Å². The normalized spacial score (nSPS) is 17.3. The average Bonchev–Trinajstić information content (AvgIpc) is 2.34. The molecule has 0 aromatic heterocycles. The fourth-order valence-corrected chi connectivity index (χ4v) is 2.16. The van der Waals surface area contributed by atoms with Crippen molar-refractivity contribution in [1.29, 1.82) is 0 Å². The number of β-amino-alcohol motifs (C(OH)–C–C–N with tert-alkyl or cyclic N) is 1. The maximum atomic E-state index is 11.9. The molecule has 4 nitrogen and oxygen atoms in total. The first-order valence-corrected chi connectivity index (χ1v) is 6.37. The van der Waals surface area contributed by atoms with E-state index in [0.29, 0.717) is 25.9 Å². The number of amides is 1. The number of hydrogen-bond donors (Lipinski definition) is 2. The summed E-state index contributed by atoms with van der Waals surface area (Å²) in [6, 6.07) is 7.58. The molecule has 2 rings (SSSR count). The molecule has 0 spiro atoms. The molecule has 1 saturated heterocycles. The molecule has 1 aliphatic heterocycles. The number of likely N-dealkylation sites (tertiary alicyclic amines) is 1. The van der Waals surface area contributed by atoms with Gasteiger partial charge in [0, 0.05) is 12.1 Å². The Kier molecular flexibility index (Phi) is 3.57. The van der Waals surface area contributed by atoms with Crippen molar-refractivity contribution in [3.8, 4) is 0 Å². The molecule has 1 amide bonds. The van der Waals surface area contributed by atoms with Gasteiger partial charge in [-0.3, -0.25) is 4.79 Å². The zero-order valence-corrected chi connectivity index (χ0v) is 10.7. The SMILES string of the molecule is CCC1(O)CN(C(=O)CCc2ccc(N)cc2)C1. The number of carbonyl (C=O) groups excluding carboxylic acids is 1. The highest BCUT2D eigenvalue weighted by molar-refractivity contribution is 5.77. The second-order valence-corrected chi connectivity index (χ2v) is 5.07. The van der Waals surface area contributed by atoms with Gasteiger partial charge in [-0.1, -0.05) is 19.1 Å². The minimum Gasteiger partial charge on any atom is -0.399 e. The van der Waals surface area contributed by atoms with E-state index >= 15 is 0 Å². The summed E-state index contributed by atoms with van der Waals surface area (Å²) in [6.45, 7) is 2.89. The Morgan fingerprint density at radius 2 is 2.00 bits per heavy atom. The van der Waals surface area contributed by atoms with Crippen LogP contribution in [0.4, 0.5) is 5.69 Å². The van der Waals surface area contributed by atoms with E-state index in [1.165, 1.54) is 0 Å². The zero-order valence-electron chi connectivity index (χ0n) is 10.7. The van der Waals surface area contributed by atoms with Gasteiger partial charge in [-0.25, -0.2) is 0 Å². The van der Waals surface area contributed by atoms with Gasteiger partial charge in [0.1, 0.15) is 0 Å². The van der Waals surface area contributed by atoms with Gasteiger partial charge in [-0.05, 0) is 30.5 Å². The number of hydrogen-bond acceptors (Lipinski definition) is 3. The fourth-order valence-electron chi connectivity index (χ4n) is 2.16. The number of carbonyl (C=O) groups is 1. The van der Waals surface area contributed by atoms with Crippen LogP contribution in [-0.4, -0.2) is 34.6 Å². The molecule has 3 N–H and O–H groups in total. The number of nitrogens with zero attached hydrogens (tertiary/aromatic N) is 1. The van der Waals surface area contributed by atoms with Gasteiger partial charge in [0.25, 0.3) is 0 Å². The van der Waals surface area contributed by atoms with Crippen LogP contribution in [-0.2, 0) is 11.2 Å². The number of rotatable bonds is 4. The summed E-state index contributed by atoms with van der Waals surface area (Å²) < 4.78 is 0. The van der Waals surface area contributed by atoms with E-state index in [-0.39, 0.29) is 5.91 Å². The third kappa shape index (κ3) is 2.82. The highest BCUT2D eigenvalue weighted by atomic mass is 16.3. The molecule has 1 aromatic carbocycles. The average molecular weight is 248 g/mol. The standard InChI is InChI=1S/C14H20N2O2/c1-2-14(18)9-16(10-14)13(17)8-5-11-3-6-12(15)7-4-11/h3-4,6-7,18H,2,5,8-10,15H2,1H3. The monoisotopic (exact) mass is 248 g/mol. The molecule has 4 heteroatoms. The zero-order chi connectivity index (χ0) is 13.2. The molecule has 0 aliphatic carbocycles. The molecule has 1 fully saturated rings. The Hall–Kier alpha value is -1.55. The lowest BCUT2D eigenvalue weighted by Crippen LogP contribution is -2.63. The number of anilines is 1. The Morgan fingerprint density at radius 3 is 2.56 bits per heavy atom. The van der Waals surface area contributed by atoms with Gasteiger partial charge in [0.05, 0.1) is 18.7 Å². The lowest BCUT2D eigenvalue weighted by atomic mass is 9.91. The summed E-state index contributed by atoms with van der Waals surface area (Å²) in [7, 11) is 0. The van der Waals surface area contributed by atoms with Gasteiger partial charge in [0.2, 0.25) is 5.91 Å². The molecule has 0 unspecified atom stereocenters. The van der Waals surface area contributed by atoms with Crippen LogP contribution < -0.4 is 5.73 Å². The highest BCUT2D eigenvalue weighted by Gasteiger charge is 2.41. The van der Waals surface area contributed by atoms with Crippen molar-refractivity contribution in [1.82, 2.24) is 4.90 Å². The molecule has 1 heterocycles. The summed E-state index contributed by atoms with van der Waals surface area (Å²) in [5, 5.41) is 9.85. The van der Waals surface area contributed by atoms with E-state index < -0.39 is 5.60 Å². The van der Waals surface area contributed by atoms with Crippen molar-refractivity contribution in [2.45, 2.75) is 31.8 Å². The van der Waals surface area contributed by atoms with Crippen LogP contribution in [0.2, 0.25) is 0 Å². The number of aliphatic hydroxyl groups is 1. The van der Waals surface area contributed by atoms with Crippen molar-refractivity contribution >= 4 is 11.6 Å². The molecular weight excluding hydrogens is 228 g/mol. The van der Waals surface area contributed by atoms with Crippen molar-refractivity contribution in [3.63, 3.8) is 0 Å². The largest absolute Gasteiger partial charge is 0.399 e. The Bertz CT molecular complexity index is 422. The van der Waals surface area contributed by atoms with E-state index in [4.69, 9.17) is 5.73 Å². The number of aryl methyl sites for hydroxylation is 1. The smallest absolute Gasteiger partial charge is 0.223 e. The number of nitrogen functional groups attached to an aromatic ring is 1. The summed E-state index contributed by atoms with van der Waals surface area (Å²) in [5.41, 5.74) is 6.81. The fraction of sp³-hybridized carbons (Fsp3) is 0.500. The molecule has 1 aliphatic rings.